The van der Waals surface area contributed by atoms with Gasteiger partial charge in [-0.15, -0.1) is 0 Å². The first-order valence-corrected chi connectivity index (χ1v) is 7.82. The van der Waals surface area contributed by atoms with Gasteiger partial charge in [0, 0.05) is 6.54 Å². The van der Waals surface area contributed by atoms with E-state index in [2.05, 4.69) is 12.2 Å². The normalized spacial score (nSPS) is 22.1. The number of rotatable bonds is 7. The summed E-state index contributed by atoms with van der Waals surface area (Å²) in [6, 6.07) is 5.83. The minimum atomic E-state index is 0.181. The predicted octanol–water partition coefficient (Wildman–Crippen LogP) is 3.57. The molecule has 1 aromatic rings. The Kier molecular flexibility index (Phi) is 6.14. The molecule has 0 spiro atoms. The zero-order valence-corrected chi connectivity index (χ0v) is 13.1. The average molecular weight is 298 g/mol. The number of aryl methyl sites for hydroxylation is 1. The zero-order valence-electron chi connectivity index (χ0n) is 12.3. The van der Waals surface area contributed by atoms with E-state index in [9.17, 15) is 0 Å². The second kappa shape index (κ2) is 7.87. The van der Waals surface area contributed by atoms with Gasteiger partial charge >= 0.3 is 0 Å². The van der Waals surface area contributed by atoms with Crippen molar-refractivity contribution in [2.75, 3.05) is 19.7 Å². The summed E-state index contributed by atoms with van der Waals surface area (Å²) in [4.78, 5) is 0. The van der Waals surface area contributed by atoms with Crippen molar-refractivity contribution >= 4 is 11.6 Å². The van der Waals surface area contributed by atoms with E-state index in [4.69, 9.17) is 21.1 Å². The maximum Gasteiger partial charge on any atom is 0.138 e. The maximum absolute atomic E-state index is 6.12. The molecule has 0 amide bonds. The van der Waals surface area contributed by atoms with Crippen LogP contribution in [0.1, 0.15) is 31.7 Å². The van der Waals surface area contributed by atoms with Gasteiger partial charge in [0.15, 0.2) is 0 Å². The minimum Gasteiger partial charge on any atom is -0.489 e. The fourth-order valence-electron chi connectivity index (χ4n) is 2.40. The molecule has 1 aliphatic rings. The maximum atomic E-state index is 6.12. The highest BCUT2D eigenvalue weighted by Gasteiger charge is 2.25. The Balaban J connectivity index is 1.74. The lowest BCUT2D eigenvalue weighted by Gasteiger charge is -2.16. The first-order valence-electron chi connectivity index (χ1n) is 7.44. The van der Waals surface area contributed by atoms with E-state index in [1.807, 2.05) is 25.1 Å². The number of nitrogens with one attached hydrogen (secondary N) is 1. The van der Waals surface area contributed by atoms with Gasteiger partial charge in [0.2, 0.25) is 0 Å². The summed E-state index contributed by atoms with van der Waals surface area (Å²) in [6.07, 6.45) is 3.82. The number of hydrogen-bond donors (Lipinski definition) is 1. The van der Waals surface area contributed by atoms with Gasteiger partial charge in [0.25, 0.3) is 0 Å². The van der Waals surface area contributed by atoms with Gasteiger partial charge in [-0.25, -0.2) is 0 Å². The largest absolute Gasteiger partial charge is 0.489 e. The topological polar surface area (TPSA) is 30.5 Å². The molecule has 2 atom stereocenters. The van der Waals surface area contributed by atoms with Crippen LogP contribution in [0.2, 0.25) is 5.02 Å². The molecular formula is C16H24ClNO2. The summed E-state index contributed by atoms with van der Waals surface area (Å²) in [7, 11) is 0. The lowest BCUT2D eigenvalue weighted by Crippen LogP contribution is -2.28. The number of ether oxygens (including phenoxy) is 2. The monoisotopic (exact) mass is 297 g/mol. The zero-order chi connectivity index (χ0) is 14.4. The highest BCUT2D eigenvalue weighted by Crippen LogP contribution is 2.27. The van der Waals surface area contributed by atoms with Crippen LogP contribution in [0, 0.1) is 6.92 Å². The summed E-state index contributed by atoms with van der Waals surface area (Å²) in [5.41, 5.74) is 1.15. The Labute approximate surface area is 126 Å². The van der Waals surface area contributed by atoms with Crippen LogP contribution < -0.4 is 10.1 Å². The molecule has 4 heteroatoms. The minimum absolute atomic E-state index is 0.181. The molecule has 0 radical (unpaired) electrons. The molecule has 1 fully saturated rings. The van der Waals surface area contributed by atoms with Gasteiger partial charge in [-0.2, -0.15) is 0 Å². The van der Waals surface area contributed by atoms with E-state index in [-0.39, 0.29) is 6.10 Å². The second-order valence-corrected chi connectivity index (χ2v) is 5.81. The van der Waals surface area contributed by atoms with Crippen LogP contribution >= 0.6 is 11.6 Å². The molecule has 112 valence electrons. The number of halogens is 1. The molecule has 2 unspecified atom stereocenters. The van der Waals surface area contributed by atoms with E-state index >= 15 is 0 Å². The molecule has 0 bridgehead atoms. The molecule has 0 aromatic heterocycles. The third kappa shape index (κ3) is 4.65. The SMILES string of the molecule is CCCNCC1CCC(COc2cc(C)ccc2Cl)O1. The van der Waals surface area contributed by atoms with Gasteiger partial charge < -0.3 is 14.8 Å². The molecule has 1 saturated heterocycles. The first kappa shape index (κ1) is 15.6. The standard InChI is InChI=1S/C16H24ClNO2/c1-3-8-18-10-13-5-6-14(20-13)11-19-16-9-12(2)4-7-15(16)17/h4,7,9,13-14,18H,3,5-6,8,10-11H2,1-2H3. The molecule has 1 aromatic carbocycles. The Morgan fingerprint density at radius 2 is 2.15 bits per heavy atom. The number of hydrogen-bond acceptors (Lipinski definition) is 3. The predicted molar refractivity (Wildman–Crippen MR) is 82.7 cm³/mol. The van der Waals surface area contributed by atoms with Crippen molar-refractivity contribution in [1.82, 2.24) is 5.32 Å². The van der Waals surface area contributed by atoms with Crippen molar-refractivity contribution < 1.29 is 9.47 Å². The quantitative estimate of drug-likeness (QED) is 0.781. The lowest BCUT2D eigenvalue weighted by molar-refractivity contribution is 0.0187. The third-order valence-corrected chi connectivity index (χ3v) is 3.82. The van der Waals surface area contributed by atoms with Crippen molar-refractivity contribution in [1.29, 1.82) is 0 Å². The van der Waals surface area contributed by atoms with E-state index in [0.717, 1.165) is 43.7 Å². The van der Waals surface area contributed by atoms with Gasteiger partial charge in [0.1, 0.15) is 12.4 Å². The van der Waals surface area contributed by atoms with Crippen LogP contribution in [0.25, 0.3) is 0 Å². The Morgan fingerprint density at radius 3 is 2.95 bits per heavy atom. The van der Waals surface area contributed by atoms with Crippen molar-refractivity contribution in [2.24, 2.45) is 0 Å². The van der Waals surface area contributed by atoms with Crippen LogP contribution in [-0.2, 0) is 4.74 Å². The van der Waals surface area contributed by atoms with E-state index < -0.39 is 0 Å². The van der Waals surface area contributed by atoms with Gasteiger partial charge in [0.05, 0.1) is 17.2 Å². The summed E-state index contributed by atoms with van der Waals surface area (Å²) >= 11 is 6.12. The van der Waals surface area contributed by atoms with Crippen LogP contribution in [-0.4, -0.2) is 31.9 Å². The van der Waals surface area contributed by atoms with Crippen molar-refractivity contribution in [3.63, 3.8) is 0 Å². The average Bonchev–Trinajstić information content (AvgIpc) is 2.88. The molecular weight excluding hydrogens is 274 g/mol. The van der Waals surface area contributed by atoms with Crippen LogP contribution in [0.15, 0.2) is 18.2 Å². The molecule has 1 aliphatic heterocycles. The fourth-order valence-corrected chi connectivity index (χ4v) is 2.57. The first-order chi connectivity index (χ1) is 9.69. The summed E-state index contributed by atoms with van der Waals surface area (Å²) in [5.74, 6) is 0.753. The molecule has 3 nitrogen and oxygen atoms in total. The van der Waals surface area contributed by atoms with E-state index in [0.29, 0.717) is 17.7 Å². The van der Waals surface area contributed by atoms with Crippen LogP contribution in [0.3, 0.4) is 0 Å². The molecule has 0 aliphatic carbocycles. The molecule has 2 rings (SSSR count). The van der Waals surface area contributed by atoms with Gasteiger partial charge in [-0.1, -0.05) is 24.6 Å². The van der Waals surface area contributed by atoms with E-state index in [1.165, 1.54) is 0 Å². The second-order valence-electron chi connectivity index (χ2n) is 5.41. The van der Waals surface area contributed by atoms with Crippen molar-refractivity contribution in [3.05, 3.63) is 28.8 Å². The highest BCUT2D eigenvalue weighted by molar-refractivity contribution is 6.32. The van der Waals surface area contributed by atoms with Gasteiger partial charge in [-0.3, -0.25) is 0 Å². The fraction of sp³-hybridized carbons (Fsp3) is 0.625. The van der Waals surface area contributed by atoms with Crippen molar-refractivity contribution in [3.8, 4) is 5.75 Å². The summed E-state index contributed by atoms with van der Waals surface area (Å²) < 4.78 is 11.8. The Hall–Kier alpha value is -0.770. The summed E-state index contributed by atoms with van der Waals surface area (Å²) in [6.45, 7) is 6.78. The molecule has 1 heterocycles. The van der Waals surface area contributed by atoms with Gasteiger partial charge in [-0.05, 0) is 50.4 Å². The smallest absolute Gasteiger partial charge is 0.138 e. The van der Waals surface area contributed by atoms with Crippen LogP contribution in [0.4, 0.5) is 0 Å². The Morgan fingerprint density at radius 1 is 1.35 bits per heavy atom. The third-order valence-electron chi connectivity index (χ3n) is 3.51. The Bertz CT molecular complexity index is 425. The van der Waals surface area contributed by atoms with Crippen LogP contribution in [0.5, 0.6) is 5.75 Å². The molecule has 0 saturated carbocycles. The highest BCUT2D eigenvalue weighted by atomic mass is 35.5. The summed E-state index contributed by atoms with van der Waals surface area (Å²) in [5, 5.41) is 4.06. The molecule has 1 N–H and O–H groups in total. The molecule has 20 heavy (non-hydrogen) atoms. The van der Waals surface area contributed by atoms with Crippen molar-refractivity contribution in [2.45, 2.75) is 45.3 Å². The lowest BCUT2D eigenvalue weighted by atomic mass is 10.2. The number of benzene rings is 1. The van der Waals surface area contributed by atoms with E-state index in [1.54, 1.807) is 0 Å².